The molecule has 3 aromatic heterocycles. The van der Waals surface area contributed by atoms with Crippen LogP contribution in [0.25, 0.3) is 16.6 Å². The number of anilines is 1. The van der Waals surface area contributed by atoms with Gasteiger partial charge in [-0.05, 0) is 31.2 Å². The maximum absolute atomic E-state index is 12.8. The molecule has 0 fully saturated rings. The maximum atomic E-state index is 12.8. The predicted molar refractivity (Wildman–Crippen MR) is 103 cm³/mol. The first-order valence-electron chi connectivity index (χ1n) is 8.70. The summed E-state index contributed by atoms with van der Waals surface area (Å²) in [6.07, 6.45) is 1.81. The fourth-order valence-corrected chi connectivity index (χ4v) is 3.93. The Hall–Kier alpha value is -3.48. The molecule has 0 saturated heterocycles. The second-order valence-corrected chi connectivity index (χ2v) is 6.90. The number of hydrogen-bond donors (Lipinski definition) is 1. The van der Waals surface area contributed by atoms with Crippen LogP contribution in [0.1, 0.15) is 23.3 Å². The zero-order valence-corrected chi connectivity index (χ0v) is 15.2. The van der Waals surface area contributed by atoms with Gasteiger partial charge in [-0.3, -0.25) is 13.9 Å². The van der Waals surface area contributed by atoms with Gasteiger partial charge in [-0.1, -0.05) is 12.1 Å². The van der Waals surface area contributed by atoms with Crippen LogP contribution in [0, 0.1) is 6.92 Å². The lowest BCUT2D eigenvalue weighted by atomic mass is 10.1. The van der Waals surface area contributed by atoms with Gasteiger partial charge in [0, 0.05) is 20.3 Å². The summed E-state index contributed by atoms with van der Waals surface area (Å²) in [6.45, 7) is 1.89. The zero-order chi connectivity index (χ0) is 18.9. The highest BCUT2D eigenvalue weighted by Crippen LogP contribution is 2.40. The van der Waals surface area contributed by atoms with Gasteiger partial charge in [-0.2, -0.15) is 0 Å². The average Bonchev–Trinajstić information content (AvgIpc) is 3.28. The van der Waals surface area contributed by atoms with Crippen molar-refractivity contribution in [1.29, 1.82) is 0 Å². The van der Waals surface area contributed by atoms with Crippen LogP contribution in [0.15, 0.2) is 56.6 Å². The first-order chi connectivity index (χ1) is 13.0. The number of rotatable bonds is 1. The molecule has 1 N–H and O–H groups in total. The van der Waals surface area contributed by atoms with Gasteiger partial charge >= 0.3 is 5.69 Å². The van der Waals surface area contributed by atoms with Gasteiger partial charge in [0.2, 0.25) is 0 Å². The Morgan fingerprint density at radius 2 is 1.81 bits per heavy atom. The molecule has 4 heterocycles. The van der Waals surface area contributed by atoms with Gasteiger partial charge < -0.3 is 14.3 Å². The molecule has 0 spiro atoms. The van der Waals surface area contributed by atoms with Crippen LogP contribution in [-0.2, 0) is 14.1 Å². The van der Waals surface area contributed by atoms with Crippen molar-refractivity contribution in [3.05, 3.63) is 80.6 Å². The summed E-state index contributed by atoms with van der Waals surface area (Å²) in [7, 11) is 3.19. The number of nitrogens with zero attached hydrogens (tertiary/aromatic N) is 3. The summed E-state index contributed by atoms with van der Waals surface area (Å²) < 4.78 is 10.5. The van der Waals surface area contributed by atoms with Gasteiger partial charge in [0.1, 0.15) is 17.6 Å². The van der Waals surface area contributed by atoms with E-state index in [9.17, 15) is 9.59 Å². The smallest absolute Gasteiger partial charge is 0.331 e. The van der Waals surface area contributed by atoms with Crippen LogP contribution in [0.4, 0.5) is 5.69 Å². The van der Waals surface area contributed by atoms with Crippen molar-refractivity contribution < 1.29 is 4.42 Å². The number of aromatic nitrogens is 3. The molecular weight excluding hydrogens is 344 g/mol. The van der Waals surface area contributed by atoms with E-state index in [0.717, 1.165) is 33.2 Å². The van der Waals surface area contributed by atoms with Crippen LogP contribution in [-0.4, -0.2) is 13.7 Å². The molecule has 0 amide bonds. The van der Waals surface area contributed by atoms with Crippen molar-refractivity contribution in [3.63, 3.8) is 0 Å². The normalized spacial score (nSPS) is 15.4. The Balaban J connectivity index is 1.95. The van der Waals surface area contributed by atoms with Crippen molar-refractivity contribution in [2.24, 2.45) is 14.1 Å². The lowest BCUT2D eigenvalue weighted by molar-refractivity contribution is 0.469. The van der Waals surface area contributed by atoms with Gasteiger partial charge in [-0.15, -0.1) is 0 Å². The highest BCUT2D eigenvalue weighted by Gasteiger charge is 2.32. The summed E-state index contributed by atoms with van der Waals surface area (Å²) >= 11 is 0. The zero-order valence-electron chi connectivity index (χ0n) is 15.2. The average molecular weight is 362 g/mol. The van der Waals surface area contributed by atoms with Crippen molar-refractivity contribution in [2.45, 2.75) is 13.0 Å². The van der Waals surface area contributed by atoms with Crippen LogP contribution >= 0.6 is 0 Å². The molecule has 136 valence electrons. The maximum Gasteiger partial charge on any atom is 0.331 e. The summed E-state index contributed by atoms with van der Waals surface area (Å²) in [5.74, 6) is 1.54. The van der Waals surface area contributed by atoms with E-state index in [0.29, 0.717) is 10.9 Å². The van der Waals surface area contributed by atoms with Crippen molar-refractivity contribution >= 4 is 16.6 Å². The third-order valence-corrected chi connectivity index (χ3v) is 5.24. The van der Waals surface area contributed by atoms with Crippen LogP contribution in [0.3, 0.4) is 0 Å². The molecule has 7 heteroatoms. The third kappa shape index (κ3) is 2.02. The molecule has 27 heavy (non-hydrogen) atoms. The predicted octanol–water partition coefficient (Wildman–Crippen LogP) is 2.44. The Bertz CT molecular complexity index is 1340. The number of benzene rings is 1. The SMILES string of the molecule is Cc1ccc([C@@H]2Nc3ccccc3-n3cc4c(=O)n(C)c(=O)n(C)c4c32)o1. The van der Waals surface area contributed by atoms with Crippen LogP contribution in [0.5, 0.6) is 0 Å². The van der Waals surface area contributed by atoms with E-state index in [2.05, 4.69) is 5.32 Å². The largest absolute Gasteiger partial charge is 0.464 e. The number of furan rings is 1. The molecule has 4 aromatic rings. The third-order valence-electron chi connectivity index (χ3n) is 5.24. The molecule has 7 nitrogen and oxygen atoms in total. The molecule has 1 aromatic carbocycles. The number of para-hydroxylation sites is 2. The van der Waals surface area contributed by atoms with Crippen LogP contribution in [0.2, 0.25) is 0 Å². The monoisotopic (exact) mass is 362 g/mol. The van der Waals surface area contributed by atoms with Gasteiger partial charge in [0.05, 0.1) is 28.0 Å². The van der Waals surface area contributed by atoms with E-state index in [4.69, 9.17) is 4.42 Å². The van der Waals surface area contributed by atoms with Crippen LogP contribution < -0.4 is 16.6 Å². The molecule has 5 rings (SSSR count). The number of nitrogens with one attached hydrogen (secondary N) is 1. The van der Waals surface area contributed by atoms with Gasteiger partial charge in [0.25, 0.3) is 5.56 Å². The van der Waals surface area contributed by atoms with E-state index in [1.807, 2.05) is 54.1 Å². The standard InChI is InChI=1S/C20H18N4O3/c1-11-8-9-15(27-11)16-18-17-12(19(25)23(3)20(26)22(17)2)10-24(18)14-7-5-4-6-13(14)21-16/h4-10,16,21H,1-3H3/t16-/m0/s1. The topological polar surface area (TPSA) is 74.1 Å². The van der Waals surface area contributed by atoms with E-state index in [-0.39, 0.29) is 17.3 Å². The minimum Gasteiger partial charge on any atom is -0.464 e. The molecular formula is C20H18N4O3. The number of aryl methyl sites for hydroxylation is 2. The van der Waals surface area contributed by atoms with Gasteiger partial charge in [0.15, 0.2) is 0 Å². The Kier molecular flexibility index (Phi) is 3.07. The lowest BCUT2D eigenvalue weighted by Gasteiger charge is -2.28. The molecule has 0 aliphatic carbocycles. The van der Waals surface area contributed by atoms with Crippen molar-refractivity contribution in [1.82, 2.24) is 13.7 Å². The lowest BCUT2D eigenvalue weighted by Crippen LogP contribution is -2.37. The van der Waals surface area contributed by atoms with E-state index in [1.165, 1.54) is 11.6 Å². The van der Waals surface area contributed by atoms with Crippen molar-refractivity contribution in [2.75, 3.05) is 5.32 Å². The van der Waals surface area contributed by atoms with Gasteiger partial charge in [-0.25, -0.2) is 4.79 Å². The Morgan fingerprint density at radius 1 is 1.04 bits per heavy atom. The van der Waals surface area contributed by atoms with E-state index < -0.39 is 0 Å². The summed E-state index contributed by atoms with van der Waals surface area (Å²) in [6, 6.07) is 11.4. The van der Waals surface area contributed by atoms with E-state index >= 15 is 0 Å². The summed E-state index contributed by atoms with van der Waals surface area (Å²) in [4.78, 5) is 25.3. The Morgan fingerprint density at radius 3 is 2.56 bits per heavy atom. The minimum absolute atomic E-state index is 0.304. The first kappa shape index (κ1) is 15.7. The molecule has 0 unspecified atom stereocenters. The number of fused-ring (bicyclic) bond motifs is 5. The minimum atomic E-state index is -0.352. The highest BCUT2D eigenvalue weighted by atomic mass is 16.3. The Labute approximate surface area is 154 Å². The van der Waals surface area contributed by atoms with E-state index in [1.54, 1.807) is 7.05 Å². The summed E-state index contributed by atoms with van der Waals surface area (Å²) in [5.41, 5.74) is 2.64. The molecule has 0 bridgehead atoms. The molecule has 0 saturated carbocycles. The molecule has 1 aliphatic rings. The first-order valence-corrected chi connectivity index (χ1v) is 8.70. The second kappa shape index (κ2) is 5.26. The fourth-order valence-electron chi connectivity index (χ4n) is 3.93. The summed E-state index contributed by atoms with van der Waals surface area (Å²) in [5, 5.41) is 4.00. The molecule has 1 aliphatic heterocycles. The van der Waals surface area contributed by atoms with Crippen molar-refractivity contribution in [3.8, 4) is 5.69 Å². The number of hydrogen-bond acceptors (Lipinski definition) is 4. The molecule has 0 radical (unpaired) electrons. The second-order valence-electron chi connectivity index (χ2n) is 6.90. The molecule has 1 atom stereocenters. The fraction of sp³-hybridized carbons (Fsp3) is 0.200. The highest BCUT2D eigenvalue weighted by molar-refractivity contribution is 5.86. The quantitative estimate of drug-likeness (QED) is 0.564.